The maximum absolute atomic E-state index is 12.9. The number of rotatable bonds is 3. The molecule has 16 heavy (non-hydrogen) atoms. The van der Waals surface area contributed by atoms with Gasteiger partial charge in [0, 0.05) is 6.54 Å². The lowest BCUT2D eigenvalue weighted by Gasteiger charge is -2.18. The Labute approximate surface area is 91.7 Å². The lowest BCUT2D eigenvalue weighted by molar-refractivity contribution is -0.144. The fourth-order valence-corrected chi connectivity index (χ4v) is 1.48. The number of hydrogen-bond donors (Lipinski definition) is 0. The van der Waals surface area contributed by atoms with Crippen molar-refractivity contribution in [1.29, 1.82) is 0 Å². The van der Waals surface area contributed by atoms with Crippen molar-refractivity contribution in [2.75, 3.05) is 13.6 Å². The van der Waals surface area contributed by atoms with Crippen LogP contribution >= 0.6 is 0 Å². The van der Waals surface area contributed by atoms with Crippen molar-refractivity contribution >= 4 is 0 Å². The van der Waals surface area contributed by atoms with E-state index in [2.05, 4.69) is 0 Å². The first-order valence-corrected chi connectivity index (χ1v) is 4.78. The predicted molar refractivity (Wildman–Crippen MR) is 53.5 cm³/mol. The molecule has 0 fully saturated rings. The maximum Gasteiger partial charge on any atom is 0.401 e. The standard InChI is InChI=1S/C11H13F4N/c1-8-5-9(3-4-10(8)12)6-16(2)7-11(13,14)15/h3-5H,6-7H2,1-2H3. The van der Waals surface area contributed by atoms with E-state index >= 15 is 0 Å². The summed E-state index contributed by atoms with van der Waals surface area (Å²) in [5.74, 6) is -0.345. The molecular formula is C11H13F4N. The van der Waals surface area contributed by atoms with Crippen LogP contribution in [-0.4, -0.2) is 24.7 Å². The molecule has 0 heterocycles. The van der Waals surface area contributed by atoms with Crippen molar-refractivity contribution in [3.05, 3.63) is 35.1 Å². The Balaban J connectivity index is 2.63. The first kappa shape index (κ1) is 13.0. The molecule has 0 aliphatic heterocycles. The molecule has 1 aromatic rings. The van der Waals surface area contributed by atoms with E-state index in [1.54, 1.807) is 13.0 Å². The molecule has 0 radical (unpaired) electrons. The minimum absolute atomic E-state index is 0.153. The zero-order valence-electron chi connectivity index (χ0n) is 9.11. The number of alkyl halides is 3. The van der Waals surface area contributed by atoms with Gasteiger partial charge in [-0.3, -0.25) is 4.90 Å². The van der Waals surface area contributed by atoms with Crippen molar-refractivity contribution in [3.8, 4) is 0 Å². The molecule has 0 N–H and O–H groups in total. The lowest BCUT2D eigenvalue weighted by Crippen LogP contribution is -2.30. The van der Waals surface area contributed by atoms with Gasteiger partial charge in [-0.15, -0.1) is 0 Å². The first-order chi connectivity index (χ1) is 7.28. The third-order valence-electron chi connectivity index (χ3n) is 2.12. The highest BCUT2D eigenvalue weighted by Crippen LogP contribution is 2.17. The molecule has 0 unspecified atom stereocenters. The van der Waals surface area contributed by atoms with Crippen LogP contribution in [0.2, 0.25) is 0 Å². The normalized spacial score (nSPS) is 12.2. The van der Waals surface area contributed by atoms with E-state index in [1.807, 2.05) is 0 Å². The summed E-state index contributed by atoms with van der Waals surface area (Å²) < 4.78 is 49.1. The van der Waals surface area contributed by atoms with Crippen LogP contribution < -0.4 is 0 Å². The molecule has 0 saturated carbocycles. The van der Waals surface area contributed by atoms with Crippen LogP contribution in [0.4, 0.5) is 17.6 Å². The lowest BCUT2D eigenvalue weighted by atomic mass is 10.1. The third-order valence-corrected chi connectivity index (χ3v) is 2.12. The highest BCUT2D eigenvalue weighted by Gasteiger charge is 2.29. The van der Waals surface area contributed by atoms with Gasteiger partial charge in [-0.2, -0.15) is 13.2 Å². The summed E-state index contributed by atoms with van der Waals surface area (Å²) in [6.45, 7) is 0.770. The second kappa shape index (κ2) is 4.82. The summed E-state index contributed by atoms with van der Waals surface area (Å²) in [6.07, 6.45) is -4.20. The summed E-state index contributed by atoms with van der Waals surface area (Å²) in [6, 6.07) is 4.32. The van der Waals surface area contributed by atoms with Gasteiger partial charge < -0.3 is 0 Å². The number of nitrogens with zero attached hydrogens (tertiary/aromatic N) is 1. The Morgan fingerprint density at radius 3 is 2.38 bits per heavy atom. The van der Waals surface area contributed by atoms with Gasteiger partial charge in [0.05, 0.1) is 6.54 Å². The molecule has 90 valence electrons. The predicted octanol–water partition coefficient (Wildman–Crippen LogP) is 3.13. The molecule has 0 saturated heterocycles. The third kappa shape index (κ3) is 4.18. The number of benzene rings is 1. The Morgan fingerprint density at radius 1 is 1.25 bits per heavy atom. The Hall–Kier alpha value is -1.10. The van der Waals surface area contributed by atoms with Gasteiger partial charge in [0.25, 0.3) is 0 Å². The fourth-order valence-electron chi connectivity index (χ4n) is 1.48. The van der Waals surface area contributed by atoms with Crippen LogP contribution in [0.15, 0.2) is 18.2 Å². The van der Waals surface area contributed by atoms with E-state index < -0.39 is 12.7 Å². The summed E-state index contributed by atoms with van der Waals surface area (Å²) in [4.78, 5) is 1.15. The zero-order valence-corrected chi connectivity index (χ0v) is 9.11. The minimum Gasteiger partial charge on any atom is -0.294 e. The Morgan fingerprint density at radius 2 is 1.88 bits per heavy atom. The first-order valence-electron chi connectivity index (χ1n) is 4.78. The number of aryl methyl sites for hydroxylation is 1. The highest BCUT2D eigenvalue weighted by molar-refractivity contribution is 5.23. The summed E-state index contributed by atoms with van der Waals surface area (Å²) >= 11 is 0. The van der Waals surface area contributed by atoms with E-state index in [-0.39, 0.29) is 12.4 Å². The summed E-state index contributed by atoms with van der Waals surface area (Å²) in [7, 11) is 1.38. The Bertz CT molecular complexity index is 359. The van der Waals surface area contributed by atoms with Gasteiger partial charge in [-0.05, 0) is 31.2 Å². The van der Waals surface area contributed by atoms with E-state index in [4.69, 9.17) is 0 Å². The SMILES string of the molecule is Cc1cc(CN(C)CC(F)(F)F)ccc1F. The van der Waals surface area contributed by atoms with Crippen molar-refractivity contribution in [2.24, 2.45) is 0 Å². The molecule has 0 bridgehead atoms. The van der Waals surface area contributed by atoms with E-state index in [0.29, 0.717) is 11.1 Å². The van der Waals surface area contributed by atoms with Crippen LogP contribution in [0.5, 0.6) is 0 Å². The van der Waals surface area contributed by atoms with Crippen LogP contribution in [0.1, 0.15) is 11.1 Å². The maximum atomic E-state index is 12.9. The van der Waals surface area contributed by atoms with E-state index in [9.17, 15) is 17.6 Å². The topological polar surface area (TPSA) is 3.24 Å². The van der Waals surface area contributed by atoms with Crippen LogP contribution in [0.3, 0.4) is 0 Å². The van der Waals surface area contributed by atoms with Gasteiger partial charge in [0.15, 0.2) is 0 Å². The Kier molecular flexibility index (Phi) is 3.91. The van der Waals surface area contributed by atoms with Crippen molar-refractivity contribution in [3.63, 3.8) is 0 Å². The number of hydrogen-bond acceptors (Lipinski definition) is 1. The van der Waals surface area contributed by atoms with Crippen LogP contribution in [-0.2, 0) is 6.54 Å². The van der Waals surface area contributed by atoms with Gasteiger partial charge in [0.2, 0.25) is 0 Å². The molecular weight excluding hydrogens is 222 g/mol. The summed E-state index contributed by atoms with van der Waals surface area (Å²) in [5, 5.41) is 0. The average Bonchev–Trinajstić information content (AvgIpc) is 2.08. The largest absolute Gasteiger partial charge is 0.401 e. The molecule has 5 heteroatoms. The fraction of sp³-hybridized carbons (Fsp3) is 0.455. The summed E-state index contributed by atoms with van der Waals surface area (Å²) in [5.41, 5.74) is 1.11. The molecule has 0 aliphatic carbocycles. The average molecular weight is 235 g/mol. The molecule has 0 aliphatic rings. The van der Waals surface area contributed by atoms with Crippen molar-refractivity contribution in [2.45, 2.75) is 19.6 Å². The van der Waals surface area contributed by atoms with Crippen LogP contribution in [0.25, 0.3) is 0 Å². The minimum atomic E-state index is -4.20. The van der Waals surface area contributed by atoms with Gasteiger partial charge >= 0.3 is 6.18 Å². The van der Waals surface area contributed by atoms with Crippen molar-refractivity contribution in [1.82, 2.24) is 4.90 Å². The molecule has 1 aromatic carbocycles. The molecule has 0 aromatic heterocycles. The van der Waals surface area contributed by atoms with E-state index in [1.165, 1.54) is 19.2 Å². The monoisotopic (exact) mass is 235 g/mol. The highest BCUT2D eigenvalue weighted by atomic mass is 19.4. The molecule has 0 spiro atoms. The molecule has 0 amide bonds. The number of halogens is 4. The van der Waals surface area contributed by atoms with E-state index in [0.717, 1.165) is 4.90 Å². The van der Waals surface area contributed by atoms with Gasteiger partial charge in [-0.1, -0.05) is 12.1 Å². The molecule has 1 rings (SSSR count). The molecule has 1 nitrogen and oxygen atoms in total. The molecule has 0 atom stereocenters. The smallest absolute Gasteiger partial charge is 0.294 e. The van der Waals surface area contributed by atoms with Crippen molar-refractivity contribution < 1.29 is 17.6 Å². The van der Waals surface area contributed by atoms with Crippen LogP contribution in [0, 0.1) is 12.7 Å². The quantitative estimate of drug-likeness (QED) is 0.727. The second-order valence-electron chi connectivity index (χ2n) is 3.87. The zero-order chi connectivity index (χ0) is 12.3. The second-order valence-corrected chi connectivity index (χ2v) is 3.87. The van der Waals surface area contributed by atoms with Gasteiger partial charge in [-0.25, -0.2) is 4.39 Å². The van der Waals surface area contributed by atoms with Gasteiger partial charge in [0.1, 0.15) is 5.82 Å².